The Hall–Kier alpha value is -1.58. The second kappa shape index (κ2) is 7.21. The van der Waals surface area contributed by atoms with Crippen LogP contribution in [0.3, 0.4) is 0 Å². The van der Waals surface area contributed by atoms with Crippen molar-refractivity contribution in [2.45, 2.75) is 30.2 Å². The fraction of sp³-hybridized carbons (Fsp3) is 0.700. The minimum atomic E-state index is -7.56. The molecule has 0 N–H and O–H groups in total. The fourth-order valence-electron chi connectivity index (χ4n) is 1.10. The van der Waals surface area contributed by atoms with Gasteiger partial charge in [0.25, 0.3) is 0 Å². The highest BCUT2D eigenvalue weighted by atomic mass is 32.2. The molecular weight excluding hydrogens is 420 g/mol. The first-order valence-corrected chi connectivity index (χ1v) is 7.40. The van der Waals surface area contributed by atoms with Crippen molar-refractivity contribution in [2.24, 2.45) is 0 Å². The van der Waals surface area contributed by atoms with Gasteiger partial charge in [0.1, 0.15) is 6.61 Å². The van der Waals surface area contributed by atoms with Gasteiger partial charge >= 0.3 is 39.3 Å². The van der Waals surface area contributed by atoms with E-state index in [0.717, 1.165) is 6.92 Å². The zero-order valence-corrected chi connectivity index (χ0v) is 13.2. The first kappa shape index (κ1) is 24.4. The van der Waals surface area contributed by atoms with Crippen LogP contribution in [0.2, 0.25) is 0 Å². The van der Waals surface area contributed by atoms with E-state index in [1.165, 1.54) is 0 Å². The van der Waals surface area contributed by atoms with E-state index in [9.17, 15) is 57.2 Å². The molecule has 0 saturated heterocycles. The lowest BCUT2D eigenvalue weighted by molar-refractivity contribution is -0.382. The van der Waals surface area contributed by atoms with E-state index in [1.54, 1.807) is 0 Å². The van der Waals surface area contributed by atoms with Crippen LogP contribution in [0.15, 0.2) is 12.2 Å². The van der Waals surface area contributed by atoms with Crippen LogP contribution in [-0.2, 0) is 19.6 Å². The molecule has 0 spiro atoms. The van der Waals surface area contributed by atoms with Gasteiger partial charge in [-0.3, -0.25) is 0 Å². The molecule has 0 aliphatic heterocycles. The highest BCUT2D eigenvalue weighted by Gasteiger charge is 2.86. The number of carbonyl (C=O) groups excluding carboxylic acids is 1. The van der Waals surface area contributed by atoms with E-state index < -0.39 is 56.9 Å². The summed E-state index contributed by atoms with van der Waals surface area (Å²) in [6, 6.07) is 0. The molecule has 0 aromatic rings. The minimum absolute atomic E-state index is 0.319. The van der Waals surface area contributed by atoms with E-state index >= 15 is 0 Å². The Labute approximate surface area is 139 Å². The number of carbonyl (C=O) groups is 1. The van der Waals surface area contributed by atoms with Crippen molar-refractivity contribution >= 4 is 16.0 Å². The normalized spacial score (nSPS) is 14.5. The smallest absolute Gasteiger partial charge is 0.460 e. The Morgan fingerprint density at radius 1 is 1.00 bits per heavy atom. The predicted molar refractivity (Wildman–Crippen MR) is 63.4 cm³/mol. The number of ether oxygens (including phenoxy) is 1. The zero-order valence-electron chi connectivity index (χ0n) is 12.4. The van der Waals surface area contributed by atoms with Gasteiger partial charge in [-0.05, 0) is 11.5 Å². The minimum Gasteiger partial charge on any atom is -0.461 e. The molecule has 0 aliphatic carbocycles. The van der Waals surface area contributed by atoms with E-state index in [4.69, 9.17) is 0 Å². The van der Waals surface area contributed by atoms with E-state index in [0.29, 0.717) is 0 Å². The molecule has 5 nitrogen and oxygen atoms in total. The largest absolute Gasteiger partial charge is 0.461 e. The summed E-state index contributed by atoms with van der Waals surface area (Å²) in [7, 11) is -7.37. The van der Waals surface area contributed by atoms with E-state index in [-0.39, 0.29) is 5.57 Å². The van der Waals surface area contributed by atoms with Gasteiger partial charge in [0, 0.05) is 5.57 Å². The maximum atomic E-state index is 13.2. The highest BCUT2D eigenvalue weighted by molar-refractivity contribution is 7.90. The quantitative estimate of drug-likeness (QED) is 0.258. The molecule has 154 valence electrons. The molecule has 0 radical (unpaired) electrons. The molecule has 0 unspecified atom stereocenters. The van der Waals surface area contributed by atoms with Crippen LogP contribution in [0.5, 0.6) is 0 Å². The maximum Gasteiger partial charge on any atom is 0.460 e. The van der Waals surface area contributed by atoms with Gasteiger partial charge in [-0.25, -0.2) is 13.2 Å². The summed E-state index contributed by atoms with van der Waals surface area (Å²) in [5.74, 6) is -16.4. The number of hydrogen-bond acceptors (Lipinski definition) is 4. The molecule has 0 rings (SSSR count). The summed E-state index contributed by atoms with van der Waals surface area (Å²) in [5.41, 5.74) is -0.319. The number of esters is 1. The third-order valence-electron chi connectivity index (χ3n) is 2.55. The van der Waals surface area contributed by atoms with Crippen molar-refractivity contribution in [3.63, 3.8) is 0 Å². The van der Waals surface area contributed by atoms with Crippen LogP contribution in [-0.4, -0.2) is 55.3 Å². The van der Waals surface area contributed by atoms with Gasteiger partial charge in [-0.2, -0.15) is 39.5 Å². The van der Waals surface area contributed by atoms with Crippen LogP contribution in [0.4, 0.5) is 44.0 Å². The number of hydrogen-bond donors (Lipinski definition) is 0. The third kappa shape index (κ3) is 4.05. The molecule has 0 heterocycles. The molecule has 0 aromatic heterocycles. The molecular formula is C10H9F10NO4S. The Bertz CT molecular complexity index is 657. The Morgan fingerprint density at radius 3 is 1.77 bits per heavy atom. The summed E-state index contributed by atoms with van der Waals surface area (Å²) in [4.78, 5) is 10.9. The second-order valence-electron chi connectivity index (χ2n) is 4.60. The van der Waals surface area contributed by atoms with Crippen molar-refractivity contribution in [3.05, 3.63) is 12.2 Å². The molecule has 0 fully saturated rings. The number of rotatable bonds is 8. The van der Waals surface area contributed by atoms with Gasteiger partial charge in [0.2, 0.25) is 0 Å². The lowest BCUT2D eigenvalue weighted by Gasteiger charge is -2.33. The molecule has 0 aromatic carbocycles. The van der Waals surface area contributed by atoms with Gasteiger partial charge in [-0.1, -0.05) is 6.58 Å². The summed E-state index contributed by atoms with van der Waals surface area (Å²) < 4.78 is 151. The molecule has 16 heteroatoms. The highest BCUT2D eigenvalue weighted by Crippen LogP contribution is 2.55. The van der Waals surface area contributed by atoms with Gasteiger partial charge in [0.15, 0.2) is 0 Å². The predicted octanol–water partition coefficient (Wildman–Crippen LogP) is 3.05. The van der Waals surface area contributed by atoms with Crippen molar-refractivity contribution in [1.82, 2.24) is 4.53 Å². The Kier molecular flexibility index (Phi) is 6.77. The molecule has 0 bridgehead atoms. The lowest BCUT2D eigenvalue weighted by Crippen LogP contribution is -2.64. The van der Waals surface area contributed by atoms with Crippen LogP contribution in [0.1, 0.15) is 6.92 Å². The number of nitrogens with zero attached hydrogens (tertiary/aromatic N) is 1. The van der Waals surface area contributed by atoms with Crippen molar-refractivity contribution in [1.29, 1.82) is 0 Å². The standard InChI is InChI=1S/C10H9F10NO4S/c1-5(2)6(22)25-4-3-21(20)26(23,24)10(18,19)8(13,14)7(11,12)9(15,16)17/h1,3-4H2,2H3. The third-order valence-corrected chi connectivity index (χ3v) is 4.16. The van der Waals surface area contributed by atoms with Crippen LogP contribution in [0.25, 0.3) is 0 Å². The SMILES string of the molecule is C=C(C)C(=O)OCCN(F)S(=O)(=O)C(F)(F)C(F)(F)C(F)(F)C(F)(F)F. The molecule has 0 atom stereocenters. The number of sulfonamides is 1. The topological polar surface area (TPSA) is 63.7 Å². The fourth-order valence-corrected chi connectivity index (χ4v) is 2.12. The first-order chi connectivity index (χ1) is 11.2. The molecule has 26 heavy (non-hydrogen) atoms. The van der Waals surface area contributed by atoms with E-state index in [2.05, 4.69) is 11.3 Å². The zero-order chi connectivity index (χ0) is 21.4. The van der Waals surface area contributed by atoms with Crippen molar-refractivity contribution in [2.75, 3.05) is 13.2 Å². The first-order valence-electron chi connectivity index (χ1n) is 5.96. The van der Waals surface area contributed by atoms with E-state index in [1.807, 2.05) is 0 Å². The van der Waals surface area contributed by atoms with Gasteiger partial charge < -0.3 is 4.74 Å². The molecule has 0 aliphatic rings. The van der Waals surface area contributed by atoms with Crippen molar-refractivity contribution < 1.29 is 61.9 Å². The molecule has 0 saturated carbocycles. The lowest BCUT2D eigenvalue weighted by atomic mass is 10.1. The van der Waals surface area contributed by atoms with Crippen LogP contribution >= 0.6 is 0 Å². The number of halogens is 10. The van der Waals surface area contributed by atoms with Gasteiger partial charge in [-0.15, -0.1) is 4.48 Å². The van der Waals surface area contributed by atoms with Crippen molar-refractivity contribution in [3.8, 4) is 0 Å². The average molecular weight is 429 g/mol. The Morgan fingerprint density at radius 2 is 1.42 bits per heavy atom. The number of alkyl halides is 9. The van der Waals surface area contributed by atoms with Crippen LogP contribution < -0.4 is 0 Å². The summed E-state index contributed by atoms with van der Waals surface area (Å²) in [6.45, 7) is 0.809. The summed E-state index contributed by atoms with van der Waals surface area (Å²) in [6.07, 6.45) is -7.27. The second-order valence-corrected chi connectivity index (χ2v) is 6.45. The van der Waals surface area contributed by atoms with Gasteiger partial charge in [0.05, 0.1) is 6.54 Å². The summed E-state index contributed by atoms with van der Waals surface area (Å²) >= 11 is 0. The summed E-state index contributed by atoms with van der Waals surface area (Å²) in [5, 5.41) is -7.20. The monoisotopic (exact) mass is 429 g/mol. The average Bonchev–Trinajstić information content (AvgIpc) is 2.44. The molecule has 0 amide bonds. The maximum absolute atomic E-state index is 13.2. The van der Waals surface area contributed by atoms with Crippen LogP contribution in [0, 0.1) is 0 Å². The Balaban J connectivity index is 5.61.